The van der Waals surface area contributed by atoms with Gasteiger partial charge in [-0.15, -0.1) is 11.8 Å². The average Bonchev–Trinajstić information content (AvgIpc) is 2.39. The molecule has 20 heavy (non-hydrogen) atoms. The Labute approximate surface area is 124 Å². The summed E-state index contributed by atoms with van der Waals surface area (Å²) in [5.74, 6) is 0.248. The quantitative estimate of drug-likeness (QED) is 0.619. The predicted molar refractivity (Wildman–Crippen MR) is 80.4 cm³/mol. The molecule has 1 aromatic carbocycles. The van der Waals surface area contributed by atoms with Crippen molar-refractivity contribution in [1.29, 1.82) is 0 Å². The monoisotopic (exact) mass is 299 g/mol. The van der Waals surface area contributed by atoms with Crippen molar-refractivity contribution in [2.45, 2.75) is 43.7 Å². The van der Waals surface area contributed by atoms with Crippen molar-refractivity contribution in [1.82, 2.24) is 5.32 Å². The van der Waals surface area contributed by atoms with Gasteiger partial charge in [0.15, 0.2) is 0 Å². The van der Waals surface area contributed by atoms with Crippen LogP contribution in [-0.2, 0) is 9.53 Å². The van der Waals surface area contributed by atoms with E-state index < -0.39 is 5.54 Å². The van der Waals surface area contributed by atoms with Crippen LogP contribution in [0.5, 0.6) is 0 Å². The fourth-order valence-electron chi connectivity index (χ4n) is 2.00. The molecule has 1 unspecified atom stereocenters. The number of ether oxygens (including phenoxy) is 1. The Hall–Kier alpha value is -1.07. The maximum Gasteiger partial charge on any atom is 0.325 e. The summed E-state index contributed by atoms with van der Waals surface area (Å²) in [6.07, 6.45) is 0.639. The molecule has 0 saturated carbocycles. The number of carbonyl (C=O) groups is 1. The second-order valence-corrected chi connectivity index (χ2v) is 6.34. The third kappa shape index (κ3) is 5.13. The Bertz CT molecular complexity index is 436. The summed E-state index contributed by atoms with van der Waals surface area (Å²) in [5.41, 5.74) is -0.698. The van der Waals surface area contributed by atoms with Gasteiger partial charge in [-0.1, -0.05) is 0 Å². The van der Waals surface area contributed by atoms with Crippen LogP contribution in [0.3, 0.4) is 0 Å². The van der Waals surface area contributed by atoms with Crippen molar-refractivity contribution in [2.75, 3.05) is 12.9 Å². The van der Waals surface area contributed by atoms with Crippen molar-refractivity contribution in [3.63, 3.8) is 0 Å². The van der Waals surface area contributed by atoms with Crippen LogP contribution in [0.2, 0.25) is 0 Å². The van der Waals surface area contributed by atoms with Crippen molar-refractivity contribution >= 4 is 17.7 Å². The summed E-state index contributed by atoms with van der Waals surface area (Å²) in [5, 5.41) is 3.25. The van der Waals surface area contributed by atoms with E-state index in [1.54, 1.807) is 23.9 Å². The Kier molecular flexibility index (Phi) is 6.49. The van der Waals surface area contributed by atoms with E-state index >= 15 is 0 Å². The highest BCUT2D eigenvalue weighted by atomic mass is 32.2. The third-order valence-corrected chi connectivity index (χ3v) is 3.94. The van der Waals surface area contributed by atoms with Gasteiger partial charge >= 0.3 is 5.97 Å². The summed E-state index contributed by atoms with van der Waals surface area (Å²) < 4.78 is 17.7. The van der Waals surface area contributed by atoms with Crippen LogP contribution in [0.4, 0.5) is 4.39 Å². The van der Waals surface area contributed by atoms with Gasteiger partial charge < -0.3 is 4.74 Å². The van der Waals surface area contributed by atoms with Crippen LogP contribution in [0, 0.1) is 5.82 Å². The van der Waals surface area contributed by atoms with Gasteiger partial charge in [-0.2, -0.15) is 0 Å². The number of esters is 1. The highest BCUT2D eigenvalue weighted by Gasteiger charge is 2.34. The summed E-state index contributed by atoms with van der Waals surface area (Å²) in [4.78, 5) is 12.9. The topological polar surface area (TPSA) is 38.3 Å². The van der Waals surface area contributed by atoms with Crippen molar-refractivity contribution in [3.05, 3.63) is 30.1 Å². The summed E-state index contributed by atoms with van der Waals surface area (Å²) in [7, 11) is 1.40. The highest BCUT2D eigenvalue weighted by molar-refractivity contribution is 7.99. The van der Waals surface area contributed by atoms with Crippen LogP contribution in [0.1, 0.15) is 27.2 Å². The van der Waals surface area contributed by atoms with Crippen molar-refractivity contribution in [3.8, 4) is 0 Å². The first-order chi connectivity index (χ1) is 9.37. The Morgan fingerprint density at radius 1 is 1.40 bits per heavy atom. The molecule has 1 N–H and O–H groups in total. The fraction of sp³-hybridized carbons (Fsp3) is 0.533. The van der Waals surface area contributed by atoms with E-state index in [-0.39, 0.29) is 17.8 Å². The number of hydrogen-bond donors (Lipinski definition) is 1. The van der Waals surface area contributed by atoms with Crippen LogP contribution in [0.15, 0.2) is 29.2 Å². The number of hydrogen-bond acceptors (Lipinski definition) is 4. The van der Waals surface area contributed by atoms with Crippen LogP contribution >= 0.6 is 11.8 Å². The lowest BCUT2D eigenvalue weighted by Crippen LogP contribution is -2.53. The number of rotatable bonds is 7. The van der Waals surface area contributed by atoms with E-state index in [1.807, 2.05) is 20.8 Å². The van der Waals surface area contributed by atoms with Crippen molar-refractivity contribution in [2.24, 2.45) is 0 Å². The smallest absolute Gasteiger partial charge is 0.325 e. The minimum atomic E-state index is -0.698. The maximum absolute atomic E-state index is 12.8. The van der Waals surface area contributed by atoms with Gasteiger partial charge in [-0.3, -0.25) is 10.1 Å². The molecule has 0 aliphatic carbocycles. The van der Waals surface area contributed by atoms with Gasteiger partial charge in [0.05, 0.1) is 7.11 Å². The third-order valence-electron chi connectivity index (χ3n) is 2.93. The minimum Gasteiger partial charge on any atom is -0.468 e. The highest BCUT2D eigenvalue weighted by Crippen LogP contribution is 2.23. The van der Waals surface area contributed by atoms with E-state index in [4.69, 9.17) is 4.74 Å². The molecule has 5 heteroatoms. The zero-order valence-electron chi connectivity index (χ0n) is 12.4. The predicted octanol–water partition coefficient (Wildman–Crippen LogP) is 3.24. The summed E-state index contributed by atoms with van der Waals surface area (Å²) in [6, 6.07) is 6.55. The molecule has 0 amide bonds. The van der Waals surface area contributed by atoms with E-state index in [0.29, 0.717) is 6.42 Å². The molecule has 0 spiro atoms. The number of nitrogens with one attached hydrogen (secondary N) is 1. The average molecular weight is 299 g/mol. The van der Waals surface area contributed by atoms with E-state index in [9.17, 15) is 9.18 Å². The molecule has 0 aliphatic rings. The molecule has 0 aromatic heterocycles. The number of carbonyl (C=O) groups excluding carboxylic acids is 1. The lowest BCUT2D eigenvalue weighted by atomic mass is 9.98. The maximum atomic E-state index is 12.8. The number of halogens is 1. The molecule has 0 heterocycles. The molecule has 1 atom stereocenters. The molecule has 1 rings (SSSR count). The zero-order valence-corrected chi connectivity index (χ0v) is 13.2. The van der Waals surface area contributed by atoms with Gasteiger partial charge in [0, 0.05) is 16.7 Å². The first kappa shape index (κ1) is 17.0. The lowest BCUT2D eigenvalue weighted by Gasteiger charge is -2.30. The molecular formula is C15H22FNO2S. The minimum absolute atomic E-state index is 0.190. The first-order valence-electron chi connectivity index (χ1n) is 6.62. The summed E-state index contributed by atoms with van der Waals surface area (Å²) in [6.45, 7) is 5.84. The molecule has 0 fully saturated rings. The van der Waals surface area contributed by atoms with E-state index in [2.05, 4.69) is 5.32 Å². The second kappa shape index (κ2) is 7.64. The van der Waals surface area contributed by atoms with Gasteiger partial charge in [0.1, 0.15) is 11.4 Å². The van der Waals surface area contributed by atoms with Crippen LogP contribution in [-0.4, -0.2) is 30.4 Å². The molecule has 0 saturated heterocycles. The Morgan fingerprint density at radius 3 is 2.50 bits per heavy atom. The molecule has 0 bridgehead atoms. The lowest BCUT2D eigenvalue weighted by molar-refractivity contribution is -0.148. The normalized spacial score (nSPS) is 14.1. The van der Waals surface area contributed by atoms with Crippen LogP contribution in [0.25, 0.3) is 0 Å². The molecule has 0 aliphatic heterocycles. The van der Waals surface area contributed by atoms with Crippen molar-refractivity contribution < 1.29 is 13.9 Å². The van der Waals surface area contributed by atoms with Gasteiger partial charge in [-0.05, 0) is 51.5 Å². The van der Waals surface area contributed by atoms with Gasteiger partial charge in [-0.25, -0.2) is 4.39 Å². The molecule has 112 valence electrons. The van der Waals surface area contributed by atoms with Gasteiger partial charge in [0.2, 0.25) is 0 Å². The first-order valence-corrected chi connectivity index (χ1v) is 7.60. The molecule has 1 aromatic rings. The zero-order chi connectivity index (χ0) is 15.2. The summed E-state index contributed by atoms with van der Waals surface area (Å²) >= 11 is 1.60. The molecule has 0 radical (unpaired) electrons. The molecule has 3 nitrogen and oxygen atoms in total. The standard InChI is InChI=1S/C15H22FNO2S/c1-11(2)17-15(3,14(18)19-4)9-10-20-13-7-5-12(16)6-8-13/h5-8,11,17H,9-10H2,1-4H3. The van der Waals surface area contributed by atoms with Gasteiger partial charge in [0.25, 0.3) is 0 Å². The molecular weight excluding hydrogens is 277 g/mol. The van der Waals surface area contributed by atoms with Crippen LogP contribution < -0.4 is 5.32 Å². The van der Waals surface area contributed by atoms with E-state index in [1.165, 1.54) is 19.2 Å². The number of benzene rings is 1. The Balaban J connectivity index is 2.58. The Morgan fingerprint density at radius 2 is 2.00 bits per heavy atom. The number of thioether (sulfide) groups is 1. The fourth-order valence-corrected chi connectivity index (χ4v) is 3.07. The second-order valence-electron chi connectivity index (χ2n) is 5.18. The SMILES string of the molecule is COC(=O)C(C)(CCSc1ccc(F)cc1)NC(C)C. The largest absolute Gasteiger partial charge is 0.468 e. The number of methoxy groups -OCH3 is 1. The van der Waals surface area contributed by atoms with E-state index in [0.717, 1.165) is 10.6 Å².